The first-order valence-electron chi connectivity index (χ1n) is 12.6. The van der Waals surface area contributed by atoms with Crippen molar-refractivity contribution in [2.24, 2.45) is 0 Å². The standard InChI is InChI=1S/C30H35ClN2O4/c1-23(2)36-19-11-18-32-30(35)27(20-24-12-5-3-6-13-24)33(21-25-14-7-4-8-15-25)29(34)22-37-28-17-10-9-16-26(28)31/h3-10,12-17,23,27H,11,18-22H2,1-2H3,(H,32,35)/t27-/m0/s1. The van der Waals surface area contributed by atoms with Crippen molar-refractivity contribution in [2.45, 2.75) is 45.4 Å². The maximum Gasteiger partial charge on any atom is 0.261 e. The lowest BCUT2D eigenvalue weighted by molar-refractivity contribution is -0.142. The second-order valence-electron chi connectivity index (χ2n) is 9.00. The number of benzene rings is 3. The van der Waals surface area contributed by atoms with Crippen LogP contribution in [0.25, 0.3) is 0 Å². The summed E-state index contributed by atoms with van der Waals surface area (Å²) in [6.45, 7) is 5.00. The van der Waals surface area contributed by atoms with E-state index in [1.807, 2.05) is 74.5 Å². The maximum atomic E-state index is 13.6. The quantitative estimate of drug-likeness (QED) is 0.292. The molecule has 37 heavy (non-hydrogen) atoms. The number of hydrogen-bond acceptors (Lipinski definition) is 4. The zero-order valence-electron chi connectivity index (χ0n) is 21.4. The third-order valence-electron chi connectivity index (χ3n) is 5.73. The van der Waals surface area contributed by atoms with E-state index in [2.05, 4.69) is 5.32 Å². The Balaban J connectivity index is 1.81. The fourth-order valence-electron chi connectivity index (χ4n) is 3.84. The molecule has 2 amide bonds. The average molecular weight is 523 g/mol. The molecule has 3 aromatic carbocycles. The number of hydrogen-bond donors (Lipinski definition) is 1. The van der Waals surface area contributed by atoms with E-state index in [0.29, 0.717) is 36.8 Å². The molecule has 7 heteroatoms. The molecule has 0 fully saturated rings. The van der Waals surface area contributed by atoms with Crippen LogP contribution in [-0.4, -0.2) is 48.6 Å². The summed E-state index contributed by atoms with van der Waals surface area (Å²) >= 11 is 6.22. The molecule has 1 N–H and O–H groups in total. The van der Waals surface area contributed by atoms with Crippen molar-refractivity contribution >= 4 is 23.4 Å². The Kier molecular flexibility index (Phi) is 11.5. The second kappa shape index (κ2) is 15.0. The summed E-state index contributed by atoms with van der Waals surface area (Å²) in [4.78, 5) is 28.7. The van der Waals surface area contributed by atoms with Gasteiger partial charge in [0.05, 0.1) is 11.1 Å². The molecule has 6 nitrogen and oxygen atoms in total. The minimum absolute atomic E-state index is 0.138. The van der Waals surface area contributed by atoms with E-state index in [-0.39, 0.29) is 31.1 Å². The molecule has 1 atom stereocenters. The minimum atomic E-state index is -0.726. The third-order valence-corrected chi connectivity index (χ3v) is 6.04. The highest BCUT2D eigenvalue weighted by Gasteiger charge is 2.30. The average Bonchev–Trinajstić information content (AvgIpc) is 2.90. The zero-order chi connectivity index (χ0) is 26.5. The van der Waals surface area contributed by atoms with Gasteiger partial charge in [-0.2, -0.15) is 0 Å². The lowest BCUT2D eigenvalue weighted by atomic mass is 10.0. The van der Waals surface area contributed by atoms with Crippen LogP contribution in [0.5, 0.6) is 5.75 Å². The molecule has 3 aromatic rings. The predicted octanol–water partition coefficient (Wildman–Crippen LogP) is 5.29. The smallest absolute Gasteiger partial charge is 0.261 e. The third kappa shape index (κ3) is 9.56. The van der Waals surface area contributed by atoms with Gasteiger partial charge in [0, 0.05) is 26.1 Å². The van der Waals surface area contributed by atoms with E-state index < -0.39 is 6.04 Å². The van der Waals surface area contributed by atoms with Crippen LogP contribution >= 0.6 is 11.6 Å². The van der Waals surface area contributed by atoms with Gasteiger partial charge in [0.15, 0.2) is 6.61 Å². The molecule has 0 bridgehead atoms. The molecule has 3 rings (SSSR count). The SMILES string of the molecule is CC(C)OCCCNC(=O)[C@H](Cc1ccccc1)N(Cc1ccccc1)C(=O)COc1ccccc1Cl. The molecule has 0 aliphatic heterocycles. The van der Waals surface area contributed by atoms with Crippen LogP contribution in [0.1, 0.15) is 31.4 Å². The van der Waals surface area contributed by atoms with E-state index >= 15 is 0 Å². The van der Waals surface area contributed by atoms with Gasteiger partial charge in [-0.25, -0.2) is 0 Å². The van der Waals surface area contributed by atoms with Crippen molar-refractivity contribution in [3.63, 3.8) is 0 Å². The van der Waals surface area contributed by atoms with Crippen molar-refractivity contribution in [3.8, 4) is 5.75 Å². The van der Waals surface area contributed by atoms with E-state index in [1.54, 1.807) is 29.2 Å². The highest BCUT2D eigenvalue weighted by molar-refractivity contribution is 6.32. The monoisotopic (exact) mass is 522 g/mol. The first-order chi connectivity index (χ1) is 17.9. The number of para-hydroxylation sites is 1. The van der Waals surface area contributed by atoms with Gasteiger partial charge in [0.2, 0.25) is 5.91 Å². The number of nitrogens with one attached hydrogen (secondary N) is 1. The molecule has 196 valence electrons. The molecule has 0 aromatic heterocycles. The van der Waals surface area contributed by atoms with Gasteiger partial charge in [0.25, 0.3) is 5.91 Å². The van der Waals surface area contributed by atoms with Crippen molar-refractivity contribution < 1.29 is 19.1 Å². The second-order valence-corrected chi connectivity index (χ2v) is 9.40. The van der Waals surface area contributed by atoms with Crippen molar-refractivity contribution in [3.05, 3.63) is 101 Å². The first-order valence-corrected chi connectivity index (χ1v) is 13.0. The van der Waals surface area contributed by atoms with Gasteiger partial charge in [0.1, 0.15) is 11.8 Å². The Bertz CT molecular complexity index is 1110. The number of rotatable bonds is 14. The van der Waals surface area contributed by atoms with Gasteiger partial charge in [-0.15, -0.1) is 0 Å². The van der Waals surface area contributed by atoms with Crippen LogP contribution in [0.2, 0.25) is 5.02 Å². The predicted molar refractivity (Wildman–Crippen MR) is 147 cm³/mol. The van der Waals surface area contributed by atoms with Gasteiger partial charge >= 0.3 is 0 Å². The summed E-state index contributed by atoms with van der Waals surface area (Å²) in [6.07, 6.45) is 1.20. The normalized spacial score (nSPS) is 11.7. The lowest BCUT2D eigenvalue weighted by Gasteiger charge is -2.31. The van der Waals surface area contributed by atoms with Gasteiger partial charge in [-0.05, 0) is 43.5 Å². The topological polar surface area (TPSA) is 67.9 Å². The first kappa shape index (κ1) is 28.2. The summed E-state index contributed by atoms with van der Waals surface area (Å²) in [5.74, 6) is -0.0928. The summed E-state index contributed by atoms with van der Waals surface area (Å²) < 4.78 is 11.3. The van der Waals surface area contributed by atoms with Crippen LogP contribution < -0.4 is 10.1 Å². The number of amides is 2. The van der Waals surface area contributed by atoms with Gasteiger partial charge in [-0.3, -0.25) is 9.59 Å². The fourth-order valence-corrected chi connectivity index (χ4v) is 4.03. The van der Waals surface area contributed by atoms with Crippen molar-refractivity contribution in [1.29, 1.82) is 0 Å². The Morgan fingerprint density at radius 3 is 2.16 bits per heavy atom. The van der Waals surface area contributed by atoms with Gasteiger partial charge < -0.3 is 19.7 Å². The highest BCUT2D eigenvalue weighted by Crippen LogP contribution is 2.23. The van der Waals surface area contributed by atoms with Crippen LogP contribution in [0.3, 0.4) is 0 Å². The Morgan fingerprint density at radius 2 is 1.51 bits per heavy atom. The van der Waals surface area contributed by atoms with Crippen molar-refractivity contribution in [1.82, 2.24) is 10.2 Å². The fraction of sp³-hybridized carbons (Fsp3) is 0.333. The van der Waals surface area contributed by atoms with E-state index in [9.17, 15) is 9.59 Å². The molecular weight excluding hydrogens is 488 g/mol. The molecule has 0 saturated carbocycles. The van der Waals surface area contributed by atoms with Gasteiger partial charge in [-0.1, -0.05) is 84.4 Å². The molecule has 0 saturated heterocycles. The minimum Gasteiger partial charge on any atom is -0.482 e. The summed E-state index contributed by atoms with van der Waals surface area (Å²) in [5.41, 5.74) is 1.88. The highest BCUT2D eigenvalue weighted by atomic mass is 35.5. The number of halogens is 1. The zero-order valence-corrected chi connectivity index (χ0v) is 22.2. The maximum absolute atomic E-state index is 13.6. The molecular formula is C30H35ClN2O4. The van der Waals surface area contributed by atoms with Crippen LogP contribution in [0.15, 0.2) is 84.9 Å². The Labute approximate surface area is 224 Å². The molecule has 0 radical (unpaired) electrons. The van der Waals surface area contributed by atoms with E-state index in [1.165, 1.54) is 0 Å². The number of ether oxygens (including phenoxy) is 2. The van der Waals surface area contributed by atoms with Crippen LogP contribution in [0.4, 0.5) is 0 Å². The molecule has 0 aliphatic carbocycles. The molecule has 0 heterocycles. The number of carbonyl (C=O) groups excluding carboxylic acids is 2. The largest absolute Gasteiger partial charge is 0.482 e. The lowest BCUT2D eigenvalue weighted by Crippen LogP contribution is -2.52. The van der Waals surface area contributed by atoms with E-state index in [4.69, 9.17) is 21.1 Å². The summed E-state index contributed by atoms with van der Waals surface area (Å²) in [7, 11) is 0. The Hall–Kier alpha value is -3.35. The summed E-state index contributed by atoms with van der Waals surface area (Å²) in [6, 6.07) is 25.6. The van der Waals surface area contributed by atoms with E-state index in [0.717, 1.165) is 11.1 Å². The number of nitrogens with zero attached hydrogens (tertiary/aromatic N) is 1. The van der Waals surface area contributed by atoms with Crippen molar-refractivity contribution in [2.75, 3.05) is 19.8 Å². The summed E-state index contributed by atoms with van der Waals surface area (Å²) in [5, 5.41) is 3.43. The number of carbonyl (C=O) groups is 2. The Morgan fingerprint density at radius 1 is 0.892 bits per heavy atom. The molecule has 0 spiro atoms. The van der Waals surface area contributed by atoms with Crippen LogP contribution in [0, 0.1) is 0 Å². The molecule has 0 aliphatic rings. The van der Waals surface area contributed by atoms with Crippen LogP contribution in [-0.2, 0) is 27.3 Å². The molecule has 0 unspecified atom stereocenters.